The zero-order valence-corrected chi connectivity index (χ0v) is 19.7. The fraction of sp³-hybridized carbons (Fsp3) is 0.321. The van der Waals surface area contributed by atoms with Crippen LogP contribution in [-0.4, -0.2) is 30.4 Å². The lowest BCUT2D eigenvalue weighted by atomic mass is 9.80. The van der Waals surface area contributed by atoms with Crippen molar-refractivity contribution in [2.45, 2.75) is 44.8 Å². The second kappa shape index (κ2) is 10.5. The Kier molecular flexibility index (Phi) is 7.77. The maximum Gasteiger partial charge on any atom is 0.306 e. The summed E-state index contributed by atoms with van der Waals surface area (Å²) in [6.07, 6.45) is 0.872. The van der Waals surface area contributed by atoms with Gasteiger partial charge in [0.25, 0.3) is 0 Å². The molecule has 5 nitrogen and oxygen atoms in total. The molecule has 3 aromatic rings. The first-order valence-corrected chi connectivity index (χ1v) is 11.1. The Balaban J connectivity index is 1.73. The normalized spacial score (nSPS) is 13.1. The maximum atomic E-state index is 11.9. The summed E-state index contributed by atoms with van der Waals surface area (Å²) in [6, 6.07) is 24.4. The monoisotopic (exact) mass is 448 g/mol. The first kappa shape index (κ1) is 24.3. The molecule has 0 aliphatic rings. The molecule has 0 bridgehead atoms. The van der Waals surface area contributed by atoms with Crippen molar-refractivity contribution < 1.29 is 24.1 Å². The van der Waals surface area contributed by atoms with Crippen molar-refractivity contribution in [2.24, 2.45) is 0 Å². The van der Waals surface area contributed by atoms with Gasteiger partial charge in [0.2, 0.25) is 0 Å². The minimum atomic E-state index is -1.33. The molecule has 0 aliphatic heterocycles. The molecule has 0 radical (unpaired) electrons. The lowest BCUT2D eigenvalue weighted by molar-refractivity contribution is -0.155. The maximum absolute atomic E-state index is 11.9. The van der Waals surface area contributed by atoms with Crippen molar-refractivity contribution in [1.29, 1.82) is 0 Å². The van der Waals surface area contributed by atoms with Gasteiger partial charge in [-0.05, 0) is 68.1 Å². The number of ether oxygens (including phenoxy) is 3. The molecule has 0 fully saturated rings. The standard InChI is InChI=1S/C28H32O5/c1-27(2,3)33-26(29)11-8-20-32-25-18-14-23(15-19-25)28(30,21-9-6-5-7-10-21)22-12-16-24(31-4)17-13-22/h5-7,9-10,12-19,30H,8,11,20H2,1-4H3. The van der Waals surface area contributed by atoms with Crippen LogP contribution in [0.2, 0.25) is 0 Å². The predicted molar refractivity (Wildman–Crippen MR) is 129 cm³/mol. The second-order valence-electron chi connectivity index (χ2n) is 8.87. The molecule has 0 aromatic heterocycles. The van der Waals surface area contributed by atoms with Gasteiger partial charge in [0, 0.05) is 6.42 Å². The summed E-state index contributed by atoms with van der Waals surface area (Å²) >= 11 is 0. The zero-order valence-electron chi connectivity index (χ0n) is 19.7. The number of hydrogen-bond acceptors (Lipinski definition) is 5. The summed E-state index contributed by atoms with van der Waals surface area (Å²) in [7, 11) is 1.62. The van der Waals surface area contributed by atoms with Gasteiger partial charge in [-0.15, -0.1) is 0 Å². The smallest absolute Gasteiger partial charge is 0.306 e. The van der Waals surface area contributed by atoms with Gasteiger partial charge < -0.3 is 19.3 Å². The first-order valence-electron chi connectivity index (χ1n) is 11.1. The fourth-order valence-electron chi connectivity index (χ4n) is 3.60. The van der Waals surface area contributed by atoms with E-state index in [2.05, 4.69) is 0 Å². The number of hydrogen-bond donors (Lipinski definition) is 1. The minimum absolute atomic E-state index is 0.228. The summed E-state index contributed by atoms with van der Waals surface area (Å²) in [5.41, 5.74) is 0.414. The molecule has 174 valence electrons. The van der Waals surface area contributed by atoms with Crippen molar-refractivity contribution in [3.63, 3.8) is 0 Å². The van der Waals surface area contributed by atoms with E-state index >= 15 is 0 Å². The number of carbonyl (C=O) groups excluding carboxylic acids is 1. The van der Waals surface area contributed by atoms with E-state index in [-0.39, 0.29) is 5.97 Å². The van der Waals surface area contributed by atoms with E-state index in [0.717, 1.165) is 22.4 Å². The molecule has 1 unspecified atom stereocenters. The molecule has 3 rings (SSSR count). The molecular weight excluding hydrogens is 416 g/mol. The molecule has 0 spiro atoms. The van der Waals surface area contributed by atoms with Gasteiger partial charge in [0.15, 0.2) is 0 Å². The molecular formula is C28H32O5. The number of rotatable bonds is 9. The highest BCUT2D eigenvalue weighted by atomic mass is 16.6. The quantitative estimate of drug-likeness (QED) is 0.267. The van der Waals surface area contributed by atoms with Gasteiger partial charge in [0.1, 0.15) is 22.7 Å². The number of aliphatic hydroxyl groups is 1. The van der Waals surface area contributed by atoms with Crippen LogP contribution in [0.4, 0.5) is 0 Å². The third-order valence-corrected chi connectivity index (χ3v) is 5.19. The summed E-state index contributed by atoms with van der Waals surface area (Å²) in [5.74, 6) is 1.17. The zero-order chi connectivity index (χ0) is 23.9. The Bertz CT molecular complexity index is 1020. The highest BCUT2D eigenvalue weighted by Crippen LogP contribution is 2.37. The van der Waals surface area contributed by atoms with E-state index in [9.17, 15) is 9.90 Å². The summed E-state index contributed by atoms with van der Waals surface area (Å²) in [5, 5.41) is 11.9. The minimum Gasteiger partial charge on any atom is -0.497 e. The fourth-order valence-corrected chi connectivity index (χ4v) is 3.60. The van der Waals surface area contributed by atoms with Gasteiger partial charge in [-0.25, -0.2) is 0 Å². The van der Waals surface area contributed by atoms with Gasteiger partial charge in [-0.2, -0.15) is 0 Å². The van der Waals surface area contributed by atoms with Crippen LogP contribution in [0, 0.1) is 0 Å². The van der Waals surface area contributed by atoms with E-state index in [1.165, 1.54) is 0 Å². The predicted octanol–water partition coefficient (Wildman–Crippen LogP) is 5.48. The molecule has 33 heavy (non-hydrogen) atoms. The number of methoxy groups -OCH3 is 1. The highest BCUT2D eigenvalue weighted by molar-refractivity contribution is 5.69. The SMILES string of the molecule is COc1ccc(C(O)(c2ccccc2)c2ccc(OCCCC(=O)OC(C)(C)C)cc2)cc1. The number of esters is 1. The molecule has 1 atom stereocenters. The van der Waals surface area contributed by atoms with E-state index in [4.69, 9.17) is 14.2 Å². The van der Waals surface area contributed by atoms with E-state index < -0.39 is 11.2 Å². The Hall–Kier alpha value is -3.31. The average Bonchev–Trinajstić information content (AvgIpc) is 2.81. The van der Waals surface area contributed by atoms with Crippen molar-refractivity contribution in [3.05, 3.63) is 95.6 Å². The van der Waals surface area contributed by atoms with Crippen molar-refractivity contribution in [3.8, 4) is 11.5 Å². The van der Waals surface area contributed by atoms with Gasteiger partial charge in [-0.1, -0.05) is 54.6 Å². The molecule has 0 saturated heterocycles. The Morgan fingerprint density at radius 1 is 0.788 bits per heavy atom. The lowest BCUT2D eigenvalue weighted by Crippen LogP contribution is -2.28. The third-order valence-electron chi connectivity index (χ3n) is 5.19. The third kappa shape index (κ3) is 6.36. The van der Waals surface area contributed by atoms with Crippen LogP contribution >= 0.6 is 0 Å². The molecule has 3 aromatic carbocycles. The Labute approximate surface area is 195 Å². The summed E-state index contributed by atoms with van der Waals surface area (Å²) < 4.78 is 16.4. The van der Waals surface area contributed by atoms with Crippen LogP contribution in [0.1, 0.15) is 50.3 Å². The van der Waals surface area contributed by atoms with Crippen LogP contribution in [-0.2, 0) is 15.1 Å². The van der Waals surface area contributed by atoms with Crippen LogP contribution < -0.4 is 9.47 Å². The van der Waals surface area contributed by atoms with Crippen molar-refractivity contribution in [2.75, 3.05) is 13.7 Å². The van der Waals surface area contributed by atoms with E-state index in [1.807, 2.05) is 99.6 Å². The topological polar surface area (TPSA) is 65.0 Å². The molecule has 0 heterocycles. The van der Waals surface area contributed by atoms with Crippen molar-refractivity contribution >= 4 is 5.97 Å². The summed E-state index contributed by atoms with van der Waals surface area (Å²) in [6.45, 7) is 5.96. The molecule has 0 amide bonds. The van der Waals surface area contributed by atoms with Gasteiger partial charge in [-0.3, -0.25) is 4.79 Å². The number of benzene rings is 3. The van der Waals surface area contributed by atoms with Gasteiger partial charge >= 0.3 is 5.97 Å². The Morgan fingerprint density at radius 2 is 1.30 bits per heavy atom. The highest BCUT2D eigenvalue weighted by Gasteiger charge is 2.33. The average molecular weight is 449 g/mol. The van der Waals surface area contributed by atoms with E-state index in [1.54, 1.807) is 7.11 Å². The molecule has 5 heteroatoms. The second-order valence-corrected chi connectivity index (χ2v) is 8.87. The van der Waals surface area contributed by atoms with Gasteiger partial charge in [0.05, 0.1) is 13.7 Å². The van der Waals surface area contributed by atoms with Crippen molar-refractivity contribution in [1.82, 2.24) is 0 Å². The van der Waals surface area contributed by atoms with Crippen LogP contribution in [0.5, 0.6) is 11.5 Å². The largest absolute Gasteiger partial charge is 0.497 e. The summed E-state index contributed by atoms with van der Waals surface area (Å²) in [4.78, 5) is 11.8. The first-order chi connectivity index (χ1) is 15.7. The van der Waals surface area contributed by atoms with E-state index in [0.29, 0.717) is 25.2 Å². The molecule has 1 N–H and O–H groups in total. The molecule has 0 aliphatic carbocycles. The van der Waals surface area contributed by atoms with Crippen LogP contribution in [0.3, 0.4) is 0 Å². The van der Waals surface area contributed by atoms with Crippen LogP contribution in [0.15, 0.2) is 78.9 Å². The van der Waals surface area contributed by atoms with Crippen LogP contribution in [0.25, 0.3) is 0 Å². The molecule has 0 saturated carbocycles. The lowest BCUT2D eigenvalue weighted by Gasteiger charge is -2.30. The Morgan fingerprint density at radius 3 is 1.82 bits per heavy atom. The number of carbonyl (C=O) groups is 1.